The van der Waals surface area contributed by atoms with Crippen LogP contribution in [0.15, 0.2) is 29.2 Å². The molecule has 0 aliphatic heterocycles. The summed E-state index contributed by atoms with van der Waals surface area (Å²) in [5, 5.41) is 10.0. The van der Waals surface area contributed by atoms with E-state index in [0.29, 0.717) is 0 Å². The summed E-state index contributed by atoms with van der Waals surface area (Å²) in [5.74, 6) is 0. The minimum absolute atomic E-state index is 0.803. The summed E-state index contributed by atoms with van der Waals surface area (Å²) in [5.41, 5.74) is 3.19. The first-order chi connectivity index (χ1) is 6.42. The van der Waals surface area contributed by atoms with Gasteiger partial charge in [-0.2, -0.15) is 5.10 Å². The van der Waals surface area contributed by atoms with Gasteiger partial charge >= 0.3 is 0 Å². The Morgan fingerprint density at radius 2 is 2.54 bits per heavy atom. The Hall–Kier alpha value is -1.55. The molecule has 2 heterocycles. The zero-order valence-corrected chi connectivity index (χ0v) is 7.37. The van der Waals surface area contributed by atoms with Crippen molar-refractivity contribution in [3.8, 4) is 11.3 Å². The van der Waals surface area contributed by atoms with E-state index in [4.69, 9.17) is 4.42 Å². The lowest BCUT2D eigenvalue weighted by Gasteiger charge is -1.98. The Balaban J connectivity index is 2.35. The molecule has 2 N–H and O–H groups in total. The maximum Gasteiger partial charge on any atom is 0.0996 e. The number of nitrogens with one attached hydrogen (secondary N) is 2. The predicted molar refractivity (Wildman–Crippen MR) is 49.1 cm³/mol. The van der Waals surface area contributed by atoms with Gasteiger partial charge in [-0.25, -0.2) is 0 Å². The second kappa shape index (κ2) is 3.45. The van der Waals surface area contributed by atoms with E-state index < -0.39 is 0 Å². The number of aromatic amines is 1. The fourth-order valence-electron chi connectivity index (χ4n) is 1.29. The molecule has 2 aromatic heterocycles. The van der Waals surface area contributed by atoms with Crippen LogP contribution in [-0.4, -0.2) is 17.2 Å². The number of furan rings is 1. The molecule has 0 bridgehead atoms. The minimum atomic E-state index is 0.803. The summed E-state index contributed by atoms with van der Waals surface area (Å²) in [6.07, 6.45) is 5.17. The maximum atomic E-state index is 5.00. The fourth-order valence-corrected chi connectivity index (χ4v) is 1.29. The molecule has 4 heteroatoms. The molecule has 13 heavy (non-hydrogen) atoms. The van der Waals surface area contributed by atoms with Crippen molar-refractivity contribution >= 4 is 0 Å². The van der Waals surface area contributed by atoms with E-state index in [0.717, 1.165) is 23.4 Å². The molecule has 0 aromatic carbocycles. The normalized spacial score (nSPS) is 10.5. The third-order valence-electron chi connectivity index (χ3n) is 1.89. The van der Waals surface area contributed by atoms with Crippen LogP contribution < -0.4 is 5.32 Å². The van der Waals surface area contributed by atoms with Crippen LogP contribution in [0.5, 0.6) is 0 Å². The molecule has 0 radical (unpaired) electrons. The summed E-state index contributed by atoms with van der Waals surface area (Å²) in [7, 11) is 1.91. The van der Waals surface area contributed by atoms with Crippen molar-refractivity contribution < 1.29 is 4.42 Å². The van der Waals surface area contributed by atoms with Gasteiger partial charge in [0.05, 0.1) is 24.4 Å². The summed E-state index contributed by atoms with van der Waals surface area (Å²) in [4.78, 5) is 0. The smallest absolute Gasteiger partial charge is 0.0996 e. The second-order valence-corrected chi connectivity index (χ2v) is 2.81. The summed E-state index contributed by atoms with van der Waals surface area (Å²) in [6.45, 7) is 0.803. The van der Waals surface area contributed by atoms with Gasteiger partial charge in [-0.3, -0.25) is 5.10 Å². The zero-order chi connectivity index (χ0) is 9.10. The first kappa shape index (κ1) is 8.07. The maximum absolute atomic E-state index is 5.00. The van der Waals surface area contributed by atoms with Crippen molar-refractivity contribution in [2.45, 2.75) is 6.54 Å². The van der Waals surface area contributed by atoms with Crippen molar-refractivity contribution in [1.82, 2.24) is 15.5 Å². The van der Waals surface area contributed by atoms with Crippen LogP contribution in [0.4, 0.5) is 0 Å². The molecule has 0 saturated heterocycles. The number of rotatable bonds is 3. The van der Waals surface area contributed by atoms with Gasteiger partial charge in [-0.15, -0.1) is 0 Å². The van der Waals surface area contributed by atoms with Crippen molar-refractivity contribution in [3.05, 3.63) is 30.4 Å². The molecule has 2 aromatic rings. The van der Waals surface area contributed by atoms with E-state index in [-0.39, 0.29) is 0 Å². The number of nitrogens with zero attached hydrogens (tertiary/aromatic N) is 1. The van der Waals surface area contributed by atoms with Gasteiger partial charge in [-0.05, 0) is 13.1 Å². The number of H-pyrrole nitrogens is 1. The average Bonchev–Trinajstić information content (AvgIpc) is 2.71. The van der Waals surface area contributed by atoms with Crippen molar-refractivity contribution in [2.75, 3.05) is 7.05 Å². The quantitative estimate of drug-likeness (QED) is 0.744. The third kappa shape index (κ3) is 1.48. The van der Waals surface area contributed by atoms with Crippen LogP contribution in [0.3, 0.4) is 0 Å². The minimum Gasteiger partial charge on any atom is -0.472 e. The van der Waals surface area contributed by atoms with Crippen LogP contribution in [0.25, 0.3) is 11.3 Å². The Bertz CT molecular complexity index is 364. The van der Waals surface area contributed by atoms with Crippen molar-refractivity contribution in [3.63, 3.8) is 0 Å². The van der Waals surface area contributed by atoms with Crippen LogP contribution in [0.1, 0.15) is 5.56 Å². The van der Waals surface area contributed by atoms with E-state index in [1.165, 1.54) is 0 Å². The Kier molecular flexibility index (Phi) is 2.14. The van der Waals surface area contributed by atoms with E-state index in [1.54, 1.807) is 12.5 Å². The molecule has 2 rings (SSSR count). The lowest BCUT2D eigenvalue weighted by Crippen LogP contribution is -2.04. The Morgan fingerprint density at radius 3 is 3.23 bits per heavy atom. The first-order valence-electron chi connectivity index (χ1n) is 4.11. The standard InChI is InChI=1S/C9H11N3O/c1-10-4-8-5-11-12-9(8)7-2-3-13-6-7/h2-3,5-6,10H,4H2,1H3,(H,11,12). The summed E-state index contributed by atoms with van der Waals surface area (Å²) in [6, 6.07) is 1.91. The number of aromatic nitrogens is 2. The van der Waals surface area contributed by atoms with Gasteiger partial charge in [0.1, 0.15) is 0 Å². The number of hydrogen-bond acceptors (Lipinski definition) is 3. The SMILES string of the molecule is CNCc1cn[nH]c1-c1ccoc1. The third-order valence-corrected chi connectivity index (χ3v) is 1.89. The molecule has 0 aliphatic carbocycles. The zero-order valence-electron chi connectivity index (χ0n) is 7.37. The van der Waals surface area contributed by atoms with Gasteiger partial charge in [0.15, 0.2) is 0 Å². The van der Waals surface area contributed by atoms with Crippen LogP contribution in [0, 0.1) is 0 Å². The van der Waals surface area contributed by atoms with Gasteiger partial charge in [0.25, 0.3) is 0 Å². The molecular formula is C9H11N3O. The highest BCUT2D eigenvalue weighted by Crippen LogP contribution is 2.20. The molecule has 0 aliphatic rings. The highest BCUT2D eigenvalue weighted by molar-refractivity contribution is 5.60. The van der Waals surface area contributed by atoms with E-state index >= 15 is 0 Å². The molecule has 0 spiro atoms. The predicted octanol–water partition coefficient (Wildman–Crippen LogP) is 1.39. The molecule has 0 atom stereocenters. The molecule has 0 unspecified atom stereocenters. The molecule has 0 saturated carbocycles. The first-order valence-corrected chi connectivity index (χ1v) is 4.11. The van der Waals surface area contributed by atoms with Gasteiger partial charge in [0.2, 0.25) is 0 Å². The van der Waals surface area contributed by atoms with Crippen LogP contribution in [-0.2, 0) is 6.54 Å². The van der Waals surface area contributed by atoms with Gasteiger partial charge in [-0.1, -0.05) is 0 Å². The van der Waals surface area contributed by atoms with E-state index in [9.17, 15) is 0 Å². The monoisotopic (exact) mass is 177 g/mol. The lowest BCUT2D eigenvalue weighted by atomic mass is 10.1. The summed E-state index contributed by atoms with van der Waals surface area (Å²) >= 11 is 0. The molecule has 0 fully saturated rings. The van der Waals surface area contributed by atoms with Crippen LogP contribution >= 0.6 is 0 Å². The molecular weight excluding hydrogens is 166 g/mol. The van der Waals surface area contributed by atoms with Crippen molar-refractivity contribution in [1.29, 1.82) is 0 Å². The Labute approximate surface area is 76.0 Å². The highest BCUT2D eigenvalue weighted by Gasteiger charge is 2.06. The highest BCUT2D eigenvalue weighted by atomic mass is 16.3. The Morgan fingerprint density at radius 1 is 1.62 bits per heavy atom. The summed E-state index contributed by atoms with van der Waals surface area (Å²) < 4.78 is 5.00. The fraction of sp³-hybridized carbons (Fsp3) is 0.222. The lowest BCUT2D eigenvalue weighted by molar-refractivity contribution is 0.568. The number of hydrogen-bond donors (Lipinski definition) is 2. The van der Waals surface area contributed by atoms with Crippen molar-refractivity contribution in [2.24, 2.45) is 0 Å². The topological polar surface area (TPSA) is 53.9 Å². The molecule has 68 valence electrons. The van der Waals surface area contributed by atoms with E-state index in [2.05, 4.69) is 15.5 Å². The largest absolute Gasteiger partial charge is 0.472 e. The second-order valence-electron chi connectivity index (χ2n) is 2.81. The molecule has 4 nitrogen and oxygen atoms in total. The molecule has 0 amide bonds. The van der Waals surface area contributed by atoms with E-state index in [1.807, 2.05) is 19.3 Å². The van der Waals surface area contributed by atoms with Crippen LogP contribution in [0.2, 0.25) is 0 Å². The van der Waals surface area contributed by atoms with Gasteiger partial charge < -0.3 is 9.73 Å². The van der Waals surface area contributed by atoms with Gasteiger partial charge in [0, 0.05) is 17.7 Å². The average molecular weight is 177 g/mol.